The first kappa shape index (κ1) is 14.6. The highest BCUT2D eigenvalue weighted by atomic mass is 32.1. The molecular formula is C16H24N2S. The van der Waals surface area contributed by atoms with Gasteiger partial charge in [-0.3, -0.25) is 4.90 Å². The maximum atomic E-state index is 5.40. The second-order valence-electron chi connectivity index (χ2n) is 5.29. The van der Waals surface area contributed by atoms with Crippen LogP contribution in [-0.2, 0) is 6.54 Å². The average molecular weight is 276 g/mol. The normalized spacial score (nSPS) is 20.6. The molecule has 1 fully saturated rings. The molecule has 0 bridgehead atoms. The summed E-state index contributed by atoms with van der Waals surface area (Å²) in [4.78, 5) is 4.03. The molecule has 2 N–H and O–H groups in total. The molecule has 1 unspecified atom stereocenters. The van der Waals surface area contributed by atoms with E-state index >= 15 is 0 Å². The minimum atomic E-state index is 0.440. The standard InChI is InChI=1S/C16H24N2S/c1-2-14-6-4-9-18(10-7-14)12-16-11-15(13-19-16)5-3-8-17/h11,13-14H,2,4,6-10,12,17H2,1H3. The summed E-state index contributed by atoms with van der Waals surface area (Å²) in [5.41, 5.74) is 6.51. The topological polar surface area (TPSA) is 29.3 Å². The van der Waals surface area contributed by atoms with E-state index in [1.54, 1.807) is 0 Å². The number of nitrogens with two attached hydrogens (primary N) is 1. The molecule has 1 aromatic rings. The minimum absolute atomic E-state index is 0.440. The van der Waals surface area contributed by atoms with E-state index in [2.05, 4.69) is 35.1 Å². The molecule has 2 rings (SSSR count). The lowest BCUT2D eigenvalue weighted by Crippen LogP contribution is -2.23. The Morgan fingerprint density at radius 2 is 2.32 bits per heavy atom. The van der Waals surface area contributed by atoms with Crippen molar-refractivity contribution in [1.29, 1.82) is 0 Å². The maximum absolute atomic E-state index is 5.40. The Labute approximate surface area is 121 Å². The third-order valence-corrected chi connectivity index (χ3v) is 4.81. The van der Waals surface area contributed by atoms with Crippen LogP contribution in [0.15, 0.2) is 11.4 Å². The molecule has 1 atom stereocenters. The summed E-state index contributed by atoms with van der Waals surface area (Å²) in [5, 5.41) is 2.14. The fourth-order valence-electron chi connectivity index (χ4n) is 2.69. The third kappa shape index (κ3) is 4.65. The zero-order valence-electron chi connectivity index (χ0n) is 11.8. The summed E-state index contributed by atoms with van der Waals surface area (Å²) in [5.74, 6) is 6.97. The van der Waals surface area contributed by atoms with Crippen molar-refractivity contribution in [3.8, 4) is 11.8 Å². The van der Waals surface area contributed by atoms with Crippen LogP contribution < -0.4 is 5.73 Å². The SMILES string of the molecule is CCC1CCCN(Cc2cc(C#CCN)cs2)CC1. The van der Waals surface area contributed by atoms with Crippen LogP contribution in [0.3, 0.4) is 0 Å². The maximum Gasteiger partial charge on any atom is 0.0555 e. The first-order valence-corrected chi connectivity index (χ1v) is 8.18. The van der Waals surface area contributed by atoms with Gasteiger partial charge in [0.25, 0.3) is 0 Å². The van der Waals surface area contributed by atoms with Gasteiger partial charge in [-0.1, -0.05) is 25.2 Å². The van der Waals surface area contributed by atoms with Crippen LogP contribution in [0.2, 0.25) is 0 Å². The first-order chi connectivity index (χ1) is 9.31. The number of nitrogens with zero attached hydrogens (tertiary/aromatic N) is 1. The lowest BCUT2D eigenvalue weighted by atomic mass is 9.98. The van der Waals surface area contributed by atoms with Gasteiger partial charge < -0.3 is 5.73 Å². The van der Waals surface area contributed by atoms with E-state index in [-0.39, 0.29) is 0 Å². The molecule has 2 heterocycles. The molecule has 0 aliphatic carbocycles. The summed E-state index contributed by atoms with van der Waals surface area (Å²) in [6, 6.07) is 2.22. The van der Waals surface area contributed by atoms with Gasteiger partial charge in [-0.15, -0.1) is 11.3 Å². The number of thiophene rings is 1. The zero-order chi connectivity index (χ0) is 13.5. The number of hydrogen-bond donors (Lipinski definition) is 1. The molecule has 1 aliphatic heterocycles. The van der Waals surface area contributed by atoms with E-state index in [1.165, 1.54) is 43.6 Å². The average Bonchev–Trinajstić information content (AvgIpc) is 2.74. The molecular weight excluding hydrogens is 252 g/mol. The van der Waals surface area contributed by atoms with Crippen molar-refractivity contribution in [2.45, 2.75) is 39.2 Å². The van der Waals surface area contributed by atoms with Gasteiger partial charge in [-0.2, -0.15) is 0 Å². The minimum Gasteiger partial charge on any atom is -0.320 e. The van der Waals surface area contributed by atoms with E-state index in [4.69, 9.17) is 5.73 Å². The number of likely N-dealkylation sites (tertiary alicyclic amines) is 1. The van der Waals surface area contributed by atoms with Crippen LogP contribution in [0.5, 0.6) is 0 Å². The van der Waals surface area contributed by atoms with Gasteiger partial charge in [0.1, 0.15) is 0 Å². The van der Waals surface area contributed by atoms with Crippen molar-refractivity contribution in [3.63, 3.8) is 0 Å². The molecule has 0 saturated carbocycles. The smallest absolute Gasteiger partial charge is 0.0555 e. The zero-order valence-corrected chi connectivity index (χ0v) is 12.6. The van der Waals surface area contributed by atoms with Crippen LogP contribution in [-0.4, -0.2) is 24.5 Å². The van der Waals surface area contributed by atoms with Crippen LogP contribution in [0.25, 0.3) is 0 Å². The van der Waals surface area contributed by atoms with Crippen molar-refractivity contribution in [3.05, 3.63) is 21.9 Å². The fourth-order valence-corrected chi connectivity index (χ4v) is 3.55. The molecule has 1 aliphatic rings. The van der Waals surface area contributed by atoms with E-state index < -0.39 is 0 Å². The van der Waals surface area contributed by atoms with Gasteiger partial charge in [0, 0.05) is 22.4 Å². The van der Waals surface area contributed by atoms with Crippen molar-refractivity contribution in [2.75, 3.05) is 19.6 Å². The van der Waals surface area contributed by atoms with Crippen LogP contribution >= 0.6 is 11.3 Å². The van der Waals surface area contributed by atoms with Crippen LogP contribution in [0.1, 0.15) is 43.0 Å². The van der Waals surface area contributed by atoms with Crippen molar-refractivity contribution < 1.29 is 0 Å². The Balaban J connectivity index is 1.88. The lowest BCUT2D eigenvalue weighted by molar-refractivity contribution is 0.274. The second-order valence-corrected chi connectivity index (χ2v) is 6.28. The quantitative estimate of drug-likeness (QED) is 0.860. The van der Waals surface area contributed by atoms with E-state index in [1.807, 2.05) is 11.3 Å². The van der Waals surface area contributed by atoms with E-state index in [0.717, 1.165) is 18.0 Å². The molecule has 1 aromatic heterocycles. The Bertz CT molecular complexity index is 441. The summed E-state index contributed by atoms with van der Waals surface area (Å²) in [6.45, 7) is 6.35. The monoisotopic (exact) mass is 276 g/mol. The van der Waals surface area contributed by atoms with Gasteiger partial charge in [-0.05, 0) is 44.3 Å². The molecule has 0 spiro atoms. The highest BCUT2D eigenvalue weighted by molar-refractivity contribution is 7.10. The lowest BCUT2D eigenvalue weighted by Gasteiger charge is -2.18. The predicted molar refractivity (Wildman–Crippen MR) is 83.2 cm³/mol. The predicted octanol–water partition coefficient (Wildman–Crippen LogP) is 3.07. The molecule has 19 heavy (non-hydrogen) atoms. The molecule has 2 nitrogen and oxygen atoms in total. The van der Waals surface area contributed by atoms with Crippen molar-refractivity contribution in [1.82, 2.24) is 4.90 Å². The number of rotatable bonds is 3. The van der Waals surface area contributed by atoms with Crippen LogP contribution in [0.4, 0.5) is 0 Å². The summed E-state index contributed by atoms with van der Waals surface area (Å²) >= 11 is 1.82. The Morgan fingerprint density at radius 3 is 3.11 bits per heavy atom. The van der Waals surface area contributed by atoms with Crippen LogP contribution in [0, 0.1) is 17.8 Å². The molecule has 3 heteroatoms. The van der Waals surface area contributed by atoms with Gasteiger partial charge in [-0.25, -0.2) is 0 Å². The summed E-state index contributed by atoms with van der Waals surface area (Å²) in [7, 11) is 0. The van der Waals surface area contributed by atoms with Gasteiger partial charge in [0.2, 0.25) is 0 Å². The number of hydrogen-bond acceptors (Lipinski definition) is 3. The molecule has 0 aromatic carbocycles. The molecule has 1 saturated heterocycles. The van der Waals surface area contributed by atoms with Gasteiger partial charge >= 0.3 is 0 Å². The fraction of sp³-hybridized carbons (Fsp3) is 0.625. The summed E-state index contributed by atoms with van der Waals surface area (Å²) < 4.78 is 0. The second kappa shape index (κ2) is 7.69. The Kier molecular flexibility index (Phi) is 5.91. The largest absolute Gasteiger partial charge is 0.320 e. The Morgan fingerprint density at radius 1 is 1.42 bits per heavy atom. The van der Waals surface area contributed by atoms with Gasteiger partial charge in [0.05, 0.1) is 6.54 Å². The molecule has 104 valence electrons. The van der Waals surface area contributed by atoms with E-state index in [9.17, 15) is 0 Å². The molecule has 0 radical (unpaired) electrons. The Hall–Kier alpha value is -0.820. The summed E-state index contributed by atoms with van der Waals surface area (Å²) in [6.07, 6.45) is 5.46. The first-order valence-electron chi connectivity index (χ1n) is 7.30. The highest BCUT2D eigenvalue weighted by Crippen LogP contribution is 2.23. The van der Waals surface area contributed by atoms with E-state index in [0.29, 0.717) is 6.54 Å². The van der Waals surface area contributed by atoms with Crippen molar-refractivity contribution >= 4 is 11.3 Å². The van der Waals surface area contributed by atoms with Crippen molar-refractivity contribution in [2.24, 2.45) is 11.7 Å². The third-order valence-electron chi connectivity index (χ3n) is 3.89. The highest BCUT2D eigenvalue weighted by Gasteiger charge is 2.16. The van der Waals surface area contributed by atoms with Gasteiger partial charge in [0.15, 0.2) is 0 Å². The molecule has 0 amide bonds.